The maximum absolute atomic E-state index is 14.3. The minimum atomic E-state index is -0.628. The molecule has 0 radical (unpaired) electrons. The summed E-state index contributed by atoms with van der Waals surface area (Å²) in [6, 6.07) is 9.67. The van der Waals surface area contributed by atoms with Gasteiger partial charge in [-0.15, -0.1) is 0 Å². The summed E-state index contributed by atoms with van der Waals surface area (Å²) in [6.07, 6.45) is 6.47. The van der Waals surface area contributed by atoms with E-state index in [9.17, 15) is 18.8 Å². The second-order valence-electron chi connectivity index (χ2n) is 11.0. The zero-order valence-electron chi connectivity index (χ0n) is 25.0. The van der Waals surface area contributed by atoms with Gasteiger partial charge < -0.3 is 32.0 Å². The molecule has 3 amide bonds. The summed E-state index contributed by atoms with van der Waals surface area (Å²) in [5.41, 5.74) is 16.9. The number of rotatable bonds is 7. The van der Waals surface area contributed by atoms with E-state index in [1.54, 1.807) is 43.5 Å². The van der Waals surface area contributed by atoms with Crippen molar-refractivity contribution in [3.8, 4) is 0 Å². The second-order valence-corrected chi connectivity index (χ2v) is 11.4. The van der Waals surface area contributed by atoms with Crippen LogP contribution in [0.25, 0.3) is 5.70 Å². The fourth-order valence-electron chi connectivity index (χ4n) is 5.10. The van der Waals surface area contributed by atoms with Gasteiger partial charge in [-0.05, 0) is 86.1 Å². The van der Waals surface area contributed by atoms with E-state index in [-0.39, 0.29) is 22.5 Å². The molecule has 2 bridgehead atoms. The van der Waals surface area contributed by atoms with Crippen LogP contribution in [0, 0.1) is 11.7 Å². The van der Waals surface area contributed by atoms with E-state index in [1.165, 1.54) is 13.2 Å². The van der Waals surface area contributed by atoms with Crippen LogP contribution in [0.2, 0.25) is 5.02 Å². The first-order valence-electron chi connectivity index (χ1n) is 14.5. The largest absolute Gasteiger partial charge is 0.453 e. The van der Waals surface area contributed by atoms with Crippen molar-refractivity contribution in [3.63, 3.8) is 0 Å². The molecule has 2 aliphatic rings. The molecule has 0 aromatic heterocycles. The lowest BCUT2D eigenvalue weighted by atomic mass is 9.93. The number of amides is 3. The van der Waals surface area contributed by atoms with Gasteiger partial charge in [0.1, 0.15) is 5.82 Å². The van der Waals surface area contributed by atoms with Crippen LogP contribution in [0.1, 0.15) is 57.1 Å². The highest BCUT2D eigenvalue weighted by molar-refractivity contribution is 6.30. The average molecular weight is 625 g/mol. The van der Waals surface area contributed by atoms with Crippen molar-refractivity contribution in [1.82, 2.24) is 16.2 Å². The molecule has 10 nitrogen and oxygen atoms in total. The number of hydrogen-bond acceptors (Lipinski definition) is 7. The number of benzene rings is 2. The third-order valence-corrected chi connectivity index (χ3v) is 8.07. The number of ether oxygens (including phenoxy) is 1. The molecule has 2 atom stereocenters. The predicted octanol–water partition coefficient (Wildman–Crippen LogP) is 5.49. The monoisotopic (exact) mass is 624 g/mol. The van der Waals surface area contributed by atoms with Crippen LogP contribution in [0.3, 0.4) is 0 Å². The van der Waals surface area contributed by atoms with Gasteiger partial charge in [0.05, 0.1) is 35.3 Å². The Kier molecular flexibility index (Phi) is 10.9. The number of carbonyl (C=O) groups is 3. The van der Waals surface area contributed by atoms with E-state index >= 15 is 0 Å². The Morgan fingerprint density at radius 1 is 1.20 bits per heavy atom. The van der Waals surface area contributed by atoms with Crippen molar-refractivity contribution in [1.29, 1.82) is 0 Å². The Hall–Kier alpha value is -4.51. The summed E-state index contributed by atoms with van der Waals surface area (Å²) in [4.78, 5) is 38.2. The van der Waals surface area contributed by atoms with Crippen LogP contribution in [-0.4, -0.2) is 31.1 Å². The molecule has 0 saturated heterocycles. The van der Waals surface area contributed by atoms with Gasteiger partial charge >= 0.3 is 6.09 Å². The van der Waals surface area contributed by atoms with Gasteiger partial charge in [-0.2, -0.15) is 0 Å². The van der Waals surface area contributed by atoms with Crippen molar-refractivity contribution in [2.75, 3.05) is 17.7 Å². The third-order valence-electron chi connectivity index (χ3n) is 7.78. The molecule has 2 aromatic carbocycles. The molecule has 0 spiro atoms. The number of nitrogens with one attached hydrogen (secondary N) is 5. The Bertz CT molecular complexity index is 1520. The Balaban J connectivity index is 1.54. The van der Waals surface area contributed by atoms with Gasteiger partial charge in [-0.3, -0.25) is 14.9 Å². The summed E-state index contributed by atoms with van der Waals surface area (Å²) in [6.45, 7) is 3.65. The van der Waals surface area contributed by atoms with Gasteiger partial charge in [0.2, 0.25) is 5.91 Å². The first-order chi connectivity index (χ1) is 21.1. The second kappa shape index (κ2) is 14.8. The highest BCUT2D eigenvalue weighted by Gasteiger charge is 2.24. The molecule has 2 heterocycles. The third kappa shape index (κ3) is 8.10. The molecular weight excluding hydrogens is 587 g/mol. The fourth-order valence-corrected chi connectivity index (χ4v) is 5.30. The lowest BCUT2D eigenvalue weighted by Gasteiger charge is -2.27. The highest BCUT2D eigenvalue weighted by atomic mass is 35.5. The number of hydrogen-bond donors (Lipinski definition) is 6. The van der Waals surface area contributed by atoms with Crippen molar-refractivity contribution in [2.24, 2.45) is 11.7 Å². The minimum absolute atomic E-state index is 0.0865. The van der Waals surface area contributed by atoms with Crippen LogP contribution in [0.4, 0.5) is 20.6 Å². The quantitative estimate of drug-likeness (QED) is 0.223. The number of anilines is 2. The molecule has 1 unspecified atom stereocenters. The van der Waals surface area contributed by atoms with Gasteiger partial charge in [-0.25, -0.2) is 9.18 Å². The number of halogens is 2. The Labute approximate surface area is 261 Å². The highest BCUT2D eigenvalue weighted by Crippen LogP contribution is 2.31. The number of carbonyl (C=O) groups excluding carboxylic acids is 3. The lowest BCUT2D eigenvalue weighted by molar-refractivity contribution is -0.120. The number of aryl methyl sites for hydroxylation is 1. The van der Waals surface area contributed by atoms with Crippen LogP contribution in [0.5, 0.6) is 0 Å². The van der Waals surface area contributed by atoms with Crippen molar-refractivity contribution in [3.05, 3.63) is 87.5 Å². The lowest BCUT2D eigenvalue weighted by Crippen LogP contribution is -2.41. The van der Waals surface area contributed by atoms with E-state index < -0.39 is 23.9 Å². The molecule has 0 saturated carbocycles. The molecular formula is C32H38ClFN6O4. The number of hydrazine groups is 1. The number of allylic oxidation sites excluding steroid dienone is 1. The van der Waals surface area contributed by atoms with Crippen molar-refractivity contribution < 1.29 is 23.5 Å². The molecule has 0 fully saturated rings. The van der Waals surface area contributed by atoms with E-state index in [1.807, 2.05) is 13.0 Å². The number of fused-ring (bicyclic) bond motifs is 3. The van der Waals surface area contributed by atoms with Crippen LogP contribution in [0.15, 0.2) is 65.5 Å². The zero-order valence-corrected chi connectivity index (χ0v) is 25.7. The minimum Gasteiger partial charge on any atom is -0.453 e. The van der Waals surface area contributed by atoms with Gasteiger partial charge in [-0.1, -0.05) is 37.1 Å². The maximum atomic E-state index is 14.3. The molecule has 4 rings (SSSR count). The van der Waals surface area contributed by atoms with Crippen molar-refractivity contribution in [2.45, 2.75) is 58.4 Å². The van der Waals surface area contributed by atoms with Crippen molar-refractivity contribution >= 4 is 46.6 Å². The zero-order chi connectivity index (χ0) is 31.8. The summed E-state index contributed by atoms with van der Waals surface area (Å²) < 4.78 is 18.9. The van der Waals surface area contributed by atoms with Gasteiger partial charge in [0.25, 0.3) is 5.91 Å². The summed E-state index contributed by atoms with van der Waals surface area (Å²) >= 11 is 5.89. The van der Waals surface area contributed by atoms with E-state index in [2.05, 4.69) is 26.8 Å². The van der Waals surface area contributed by atoms with E-state index in [4.69, 9.17) is 22.1 Å². The normalized spacial score (nSPS) is 18.7. The molecule has 12 heteroatoms. The number of methoxy groups -OCH3 is 1. The molecule has 44 heavy (non-hydrogen) atoms. The topological polar surface area (TPSA) is 147 Å². The summed E-state index contributed by atoms with van der Waals surface area (Å²) in [7, 11) is 1.27. The first kappa shape index (κ1) is 32.4. The standard InChI is InChI=1S/C32H38ClFN6O4/c1-18(7-4-9-20-10-6-11-24(33)28(20)34)29(35)31(42)38-25-12-5-8-19(2)30(41)39-26-16-22(37-32(43)44-3)13-14-23(26)27-15-21(25)17-36-40-27/h6,10-11,13-17,19,25,36,40H,4-5,7-9,12,35H2,1-3H3,(H,37,43)(H,38,42)(H,39,41)/b29-18-/t19?,25-/m1/s1. The first-order valence-corrected chi connectivity index (χ1v) is 14.9. The summed E-state index contributed by atoms with van der Waals surface area (Å²) in [5, 5.41) is 8.77. The molecule has 234 valence electrons. The molecule has 0 aliphatic carbocycles. The number of nitrogens with two attached hydrogens (primary N) is 1. The fraction of sp³-hybridized carbons (Fsp3) is 0.344. The van der Waals surface area contributed by atoms with E-state index in [0.29, 0.717) is 72.3 Å². The Morgan fingerprint density at radius 2 is 2.00 bits per heavy atom. The van der Waals surface area contributed by atoms with E-state index in [0.717, 1.165) is 5.57 Å². The van der Waals surface area contributed by atoms with Gasteiger partial charge in [0, 0.05) is 23.4 Å². The summed E-state index contributed by atoms with van der Waals surface area (Å²) in [5.74, 6) is -1.29. The Morgan fingerprint density at radius 3 is 2.77 bits per heavy atom. The SMILES string of the molecule is COC(=O)Nc1ccc2c(c1)NC(=O)C(C)CCC[C@@H](NC(=O)/C(N)=C(\C)CCCc1cccc(Cl)c1F)C1=CNNC2=C1. The molecule has 2 aliphatic heterocycles. The predicted molar refractivity (Wildman–Crippen MR) is 170 cm³/mol. The van der Waals surface area contributed by atoms with Crippen LogP contribution >= 0.6 is 11.6 Å². The average Bonchev–Trinajstić information content (AvgIpc) is 3.01. The molecule has 2 aromatic rings. The molecule has 7 N–H and O–H groups in total. The van der Waals surface area contributed by atoms with Crippen LogP contribution in [-0.2, 0) is 20.7 Å². The smallest absolute Gasteiger partial charge is 0.411 e. The maximum Gasteiger partial charge on any atom is 0.411 e. The van der Waals surface area contributed by atoms with Crippen LogP contribution < -0.4 is 32.5 Å². The van der Waals surface area contributed by atoms with Gasteiger partial charge in [0.15, 0.2) is 0 Å².